The average Bonchev–Trinajstić information content (AvgIpc) is 3.26. The molecule has 1 atom stereocenters. The Labute approximate surface area is 380 Å². The smallest absolute Gasteiger partial charge is 0.419 e. The van der Waals surface area contributed by atoms with Crippen LogP contribution < -0.4 is 11.1 Å². The third-order valence-corrected chi connectivity index (χ3v) is 7.82. The largest absolute Gasteiger partial charge is 0.466 e. The van der Waals surface area contributed by atoms with Gasteiger partial charge in [0.2, 0.25) is 0 Å². The third kappa shape index (κ3) is 20.1. The number of allylic oxidation sites excluding steroid dienone is 2. The SMILES string of the molecule is CCOC(=O)C1=C(COC(C)=O)NC(CF)=C(C(=O)OC)C1c1cccc(F)c1C(F)(F)F.CCOC(=O)CC(=O)COC(C)=O.COC(=O)/C=C(\N)CF.O=Cc1cccc(F)c1C(F)(F)F. The highest BCUT2D eigenvalue weighted by Gasteiger charge is 2.46. The van der Waals surface area contributed by atoms with Crippen LogP contribution in [0.2, 0.25) is 0 Å². The van der Waals surface area contributed by atoms with Crippen LogP contribution in [0.1, 0.15) is 67.1 Å². The van der Waals surface area contributed by atoms with Gasteiger partial charge in [-0.05, 0) is 31.5 Å². The van der Waals surface area contributed by atoms with Gasteiger partial charge in [0.25, 0.3) is 0 Å². The summed E-state index contributed by atoms with van der Waals surface area (Å²) >= 11 is 0. The molecule has 0 aliphatic carbocycles. The van der Waals surface area contributed by atoms with E-state index in [0.717, 1.165) is 44.4 Å². The molecule has 2 aromatic carbocycles. The van der Waals surface area contributed by atoms with Crippen LogP contribution in [0.5, 0.6) is 0 Å². The van der Waals surface area contributed by atoms with Gasteiger partial charge in [-0.1, -0.05) is 24.3 Å². The fourth-order valence-corrected chi connectivity index (χ4v) is 5.19. The fourth-order valence-electron chi connectivity index (χ4n) is 5.19. The number of hydrogen-bond donors (Lipinski definition) is 2. The second-order valence-corrected chi connectivity index (χ2v) is 12.7. The highest BCUT2D eigenvalue weighted by molar-refractivity contribution is 6.00. The Hall–Kier alpha value is -7.28. The van der Waals surface area contributed by atoms with Crippen molar-refractivity contribution < 1.29 is 111 Å². The summed E-state index contributed by atoms with van der Waals surface area (Å²) < 4.78 is 158. The van der Waals surface area contributed by atoms with E-state index in [1.807, 2.05) is 0 Å². The predicted octanol–water partition coefficient (Wildman–Crippen LogP) is 6.01. The van der Waals surface area contributed by atoms with Gasteiger partial charge in [0.05, 0.1) is 61.5 Å². The number of benzene rings is 2. The van der Waals surface area contributed by atoms with E-state index in [2.05, 4.69) is 24.3 Å². The molecule has 0 aromatic heterocycles. The number of ether oxygens (including phenoxy) is 6. The number of methoxy groups -OCH3 is 2. The highest BCUT2D eigenvalue weighted by atomic mass is 19.4. The summed E-state index contributed by atoms with van der Waals surface area (Å²) in [6.07, 6.45) is -9.53. The summed E-state index contributed by atoms with van der Waals surface area (Å²) in [5.41, 5.74) is -2.14. The molecule has 16 nitrogen and oxygen atoms in total. The van der Waals surface area contributed by atoms with E-state index in [4.69, 9.17) is 15.2 Å². The number of carbonyl (C=O) groups excluding carboxylic acids is 8. The molecule has 26 heteroatoms. The maximum absolute atomic E-state index is 14.4. The van der Waals surface area contributed by atoms with E-state index >= 15 is 0 Å². The maximum atomic E-state index is 14.4. The number of nitrogens with two attached hydrogens (primary N) is 1. The normalized spacial score (nSPS) is 13.3. The van der Waals surface area contributed by atoms with E-state index < -0.39 is 131 Å². The zero-order valence-electron chi connectivity index (χ0n) is 36.7. The molecule has 0 saturated carbocycles. The summed E-state index contributed by atoms with van der Waals surface area (Å²) in [5.74, 6) is -10.5. The van der Waals surface area contributed by atoms with Crippen LogP contribution >= 0.6 is 0 Å². The number of Topliss-reactive ketones (excluding diaryl/α,β-unsaturated/α-hetero) is 1. The van der Waals surface area contributed by atoms with Crippen molar-refractivity contribution in [2.75, 3.05) is 54.0 Å². The first kappa shape index (κ1) is 60.7. The fraction of sp³-hybridized carbons (Fsp3) is 0.381. The van der Waals surface area contributed by atoms with E-state index in [1.54, 1.807) is 6.92 Å². The molecule has 1 heterocycles. The van der Waals surface area contributed by atoms with Gasteiger partial charge in [-0.25, -0.2) is 31.9 Å². The van der Waals surface area contributed by atoms with Gasteiger partial charge in [-0.2, -0.15) is 26.3 Å². The van der Waals surface area contributed by atoms with Crippen molar-refractivity contribution in [3.63, 3.8) is 0 Å². The van der Waals surface area contributed by atoms with Gasteiger partial charge in [0, 0.05) is 31.2 Å². The Kier molecular flexibility index (Phi) is 26.2. The first-order chi connectivity index (χ1) is 31.7. The first-order valence-corrected chi connectivity index (χ1v) is 19.0. The standard InChI is InChI=1S/C21H20F5NO6.C8H4F4O.C8H12O5.C5H8FNO2/c1-4-32-20(30)17-14(9-33-10(2)28)27-13(8-22)16(19(29)31-3)15(17)11-6-5-7-12(23)18(11)21(24,25)26;9-6-3-1-2-5(4-13)7(6)8(10,11)12;1-3-12-8(11)4-7(10)5-13-6(2)9;1-9-5(8)2-4(7)3-6/h5-7,15,27H,4,8-9H2,1-3H3;1-4H;3-5H2,1-2H3;2H,3,7H2,1H3/b;;;4-2-. The summed E-state index contributed by atoms with van der Waals surface area (Å²) in [6.45, 7) is 2.05. The molecule has 1 aliphatic rings. The summed E-state index contributed by atoms with van der Waals surface area (Å²) in [7, 11) is 2.10. The van der Waals surface area contributed by atoms with Crippen LogP contribution in [-0.4, -0.2) is 102 Å². The minimum Gasteiger partial charge on any atom is -0.466 e. The lowest BCUT2D eigenvalue weighted by Crippen LogP contribution is -2.37. The molecule has 0 amide bonds. The van der Waals surface area contributed by atoms with Crippen LogP contribution in [0.15, 0.2) is 70.7 Å². The van der Waals surface area contributed by atoms with Crippen molar-refractivity contribution in [2.24, 2.45) is 5.73 Å². The van der Waals surface area contributed by atoms with E-state index in [-0.39, 0.29) is 43.9 Å². The van der Waals surface area contributed by atoms with E-state index in [1.165, 1.54) is 21.0 Å². The molecule has 0 fully saturated rings. The molecule has 2 aromatic rings. The third-order valence-electron chi connectivity index (χ3n) is 7.82. The number of dihydropyridines is 1. The molecule has 68 heavy (non-hydrogen) atoms. The lowest BCUT2D eigenvalue weighted by atomic mass is 9.78. The molecule has 376 valence electrons. The molecular formula is C42H44F10N2O14. The number of ketones is 1. The van der Waals surface area contributed by atoms with Gasteiger partial charge < -0.3 is 39.5 Å². The van der Waals surface area contributed by atoms with Crippen molar-refractivity contribution in [2.45, 2.75) is 52.4 Å². The predicted molar refractivity (Wildman–Crippen MR) is 213 cm³/mol. The molecule has 0 bridgehead atoms. The Bertz CT molecular complexity index is 2220. The number of alkyl halides is 8. The number of carbonyl (C=O) groups is 8. The van der Waals surface area contributed by atoms with Crippen molar-refractivity contribution in [3.8, 4) is 0 Å². The molecule has 0 saturated heterocycles. The molecule has 0 radical (unpaired) electrons. The Morgan fingerprint density at radius 2 is 1.25 bits per heavy atom. The van der Waals surface area contributed by atoms with Crippen LogP contribution in [0, 0.1) is 11.6 Å². The van der Waals surface area contributed by atoms with Gasteiger partial charge in [-0.3, -0.25) is 24.0 Å². The van der Waals surface area contributed by atoms with Gasteiger partial charge in [-0.15, -0.1) is 0 Å². The van der Waals surface area contributed by atoms with Crippen LogP contribution in [0.25, 0.3) is 0 Å². The van der Waals surface area contributed by atoms with Crippen LogP contribution in [-0.2, 0) is 74.3 Å². The zero-order valence-corrected chi connectivity index (χ0v) is 36.7. The summed E-state index contributed by atoms with van der Waals surface area (Å²) in [6, 6.07) is 4.98. The first-order valence-electron chi connectivity index (χ1n) is 19.0. The molecule has 3 rings (SSSR count). The van der Waals surface area contributed by atoms with Crippen molar-refractivity contribution in [1.82, 2.24) is 5.32 Å². The summed E-state index contributed by atoms with van der Waals surface area (Å²) in [4.78, 5) is 88.9. The number of hydrogen-bond acceptors (Lipinski definition) is 16. The minimum atomic E-state index is -5.24. The quantitative estimate of drug-likeness (QED) is 0.0520. The van der Waals surface area contributed by atoms with Crippen molar-refractivity contribution in [3.05, 3.63) is 105 Å². The van der Waals surface area contributed by atoms with E-state index in [0.29, 0.717) is 12.1 Å². The number of nitrogens with one attached hydrogen (secondary N) is 1. The monoisotopic (exact) mass is 990 g/mol. The lowest BCUT2D eigenvalue weighted by molar-refractivity contribution is -0.151. The number of halogens is 10. The minimum absolute atomic E-state index is 0.0219. The maximum Gasteiger partial charge on any atom is 0.419 e. The van der Waals surface area contributed by atoms with Gasteiger partial charge in [0.15, 0.2) is 18.7 Å². The van der Waals surface area contributed by atoms with E-state index in [9.17, 15) is 82.3 Å². The average molecular weight is 991 g/mol. The molecule has 1 aliphatic heterocycles. The molecule has 1 unspecified atom stereocenters. The second-order valence-electron chi connectivity index (χ2n) is 12.7. The number of esters is 6. The lowest BCUT2D eigenvalue weighted by Gasteiger charge is -2.32. The molecule has 0 spiro atoms. The molecular weight excluding hydrogens is 946 g/mol. The highest BCUT2D eigenvalue weighted by Crippen LogP contribution is 2.45. The van der Waals surface area contributed by atoms with Gasteiger partial charge in [0.1, 0.15) is 43.6 Å². The number of aldehydes is 1. The number of rotatable bonds is 15. The summed E-state index contributed by atoms with van der Waals surface area (Å²) in [5, 5.41) is 2.42. The van der Waals surface area contributed by atoms with Crippen molar-refractivity contribution in [1.29, 1.82) is 0 Å². The van der Waals surface area contributed by atoms with Crippen molar-refractivity contribution >= 4 is 47.9 Å². The molecule has 3 N–H and O–H groups in total. The van der Waals surface area contributed by atoms with Crippen LogP contribution in [0.4, 0.5) is 43.9 Å². The van der Waals surface area contributed by atoms with Gasteiger partial charge >= 0.3 is 48.2 Å². The van der Waals surface area contributed by atoms with Crippen LogP contribution in [0.3, 0.4) is 0 Å². The second kappa shape index (κ2) is 29.4. The Morgan fingerprint density at radius 1 is 0.721 bits per heavy atom. The zero-order chi connectivity index (χ0) is 52.5. The topological polar surface area (TPSA) is 230 Å². The Balaban J connectivity index is 0.00000105. The Morgan fingerprint density at radius 3 is 1.69 bits per heavy atom.